The van der Waals surface area contributed by atoms with Crippen LogP contribution < -0.4 is 14.8 Å². The van der Waals surface area contributed by atoms with Gasteiger partial charge in [0.1, 0.15) is 16.0 Å². The minimum atomic E-state index is 0. The SMILES string of the molecule is CCC[C@H](c1cc(OC)c(Br)c(OC)c1)N1CCNCC1.Cl.Cl. The minimum Gasteiger partial charge on any atom is -0.495 e. The highest BCUT2D eigenvalue weighted by atomic mass is 79.9. The van der Waals surface area contributed by atoms with Crippen LogP contribution in [0.3, 0.4) is 0 Å². The largest absolute Gasteiger partial charge is 0.495 e. The highest BCUT2D eigenvalue weighted by Crippen LogP contribution is 2.39. The molecule has 0 spiro atoms. The summed E-state index contributed by atoms with van der Waals surface area (Å²) in [7, 11) is 3.39. The summed E-state index contributed by atoms with van der Waals surface area (Å²) in [5.74, 6) is 1.67. The van der Waals surface area contributed by atoms with Gasteiger partial charge in [0.2, 0.25) is 0 Å². The van der Waals surface area contributed by atoms with E-state index in [4.69, 9.17) is 9.47 Å². The van der Waals surface area contributed by atoms with Crippen LogP contribution in [0.4, 0.5) is 0 Å². The van der Waals surface area contributed by atoms with Gasteiger partial charge in [-0.25, -0.2) is 0 Å². The van der Waals surface area contributed by atoms with Crippen molar-refractivity contribution in [3.63, 3.8) is 0 Å². The van der Waals surface area contributed by atoms with Crippen LogP contribution in [0.2, 0.25) is 0 Å². The van der Waals surface area contributed by atoms with Gasteiger partial charge in [-0.1, -0.05) is 13.3 Å². The standard InChI is InChI=1S/C16H25BrN2O2.2ClH/c1-4-5-13(19-8-6-18-7-9-19)12-10-14(20-2)16(17)15(11-12)21-3;;/h10-11,13,18H,4-9H2,1-3H3;2*1H/t13-;;/m1../s1. The van der Waals surface area contributed by atoms with Crippen molar-refractivity contribution < 1.29 is 9.47 Å². The molecular formula is C16H27BrCl2N2O2. The van der Waals surface area contributed by atoms with Crippen molar-refractivity contribution in [2.45, 2.75) is 25.8 Å². The lowest BCUT2D eigenvalue weighted by molar-refractivity contribution is 0.164. The second kappa shape index (κ2) is 11.4. The zero-order valence-electron chi connectivity index (χ0n) is 13.9. The number of ether oxygens (including phenoxy) is 2. The van der Waals surface area contributed by atoms with Gasteiger partial charge >= 0.3 is 0 Å². The Morgan fingerprint density at radius 1 is 1.13 bits per heavy atom. The highest BCUT2D eigenvalue weighted by Gasteiger charge is 2.23. The molecule has 1 N–H and O–H groups in total. The van der Waals surface area contributed by atoms with Crippen molar-refractivity contribution in [2.24, 2.45) is 0 Å². The van der Waals surface area contributed by atoms with Crippen molar-refractivity contribution in [1.82, 2.24) is 10.2 Å². The molecule has 0 saturated carbocycles. The number of methoxy groups -OCH3 is 2. The third kappa shape index (κ3) is 5.68. The van der Waals surface area contributed by atoms with Crippen molar-refractivity contribution >= 4 is 40.7 Å². The Morgan fingerprint density at radius 2 is 1.65 bits per heavy atom. The molecule has 134 valence electrons. The molecule has 7 heteroatoms. The van der Waals surface area contributed by atoms with E-state index < -0.39 is 0 Å². The number of halogens is 3. The fourth-order valence-electron chi connectivity index (χ4n) is 2.91. The third-order valence-corrected chi connectivity index (χ3v) is 4.79. The van der Waals surface area contributed by atoms with E-state index >= 15 is 0 Å². The van der Waals surface area contributed by atoms with Gasteiger partial charge in [-0.3, -0.25) is 4.90 Å². The maximum Gasteiger partial charge on any atom is 0.137 e. The van der Waals surface area contributed by atoms with Crippen molar-refractivity contribution in [3.05, 3.63) is 22.2 Å². The summed E-state index contributed by atoms with van der Waals surface area (Å²) in [4.78, 5) is 2.56. The predicted molar refractivity (Wildman–Crippen MR) is 104 cm³/mol. The summed E-state index contributed by atoms with van der Waals surface area (Å²) in [6.45, 7) is 6.54. The zero-order valence-corrected chi connectivity index (χ0v) is 17.2. The molecule has 1 atom stereocenters. The van der Waals surface area contributed by atoms with Gasteiger partial charge in [0.25, 0.3) is 0 Å². The monoisotopic (exact) mass is 428 g/mol. The summed E-state index contributed by atoms with van der Waals surface area (Å²) in [5.41, 5.74) is 1.27. The van der Waals surface area contributed by atoms with Gasteiger partial charge in [0.15, 0.2) is 0 Å². The Kier molecular flexibility index (Phi) is 11.3. The van der Waals surface area contributed by atoms with Gasteiger partial charge in [-0.05, 0) is 40.0 Å². The Labute approximate surface area is 160 Å². The molecule has 0 bridgehead atoms. The smallest absolute Gasteiger partial charge is 0.137 e. The second-order valence-corrected chi connectivity index (χ2v) is 6.12. The average Bonchev–Trinajstić information content (AvgIpc) is 2.54. The predicted octanol–water partition coefficient (Wildman–Crippen LogP) is 4.06. The van der Waals surface area contributed by atoms with E-state index in [1.807, 2.05) is 0 Å². The molecule has 4 nitrogen and oxygen atoms in total. The first-order valence-corrected chi connectivity index (χ1v) is 8.36. The highest BCUT2D eigenvalue weighted by molar-refractivity contribution is 9.10. The van der Waals surface area contributed by atoms with E-state index in [-0.39, 0.29) is 24.8 Å². The maximum absolute atomic E-state index is 5.49. The molecule has 1 aromatic rings. The number of hydrogen-bond acceptors (Lipinski definition) is 4. The molecule has 0 radical (unpaired) electrons. The number of nitrogens with one attached hydrogen (secondary N) is 1. The second-order valence-electron chi connectivity index (χ2n) is 5.33. The Balaban J connectivity index is 0.00000242. The Bertz CT molecular complexity index is 446. The van der Waals surface area contributed by atoms with Crippen LogP contribution in [-0.2, 0) is 0 Å². The fraction of sp³-hybridized carbons (Fsp3) is 0.625. The van der Waals surface area contributed by atoms with E-state index in [1.165, 1.54) is 5.56 Å². The van der Waals surface area contributed by atoms with Crippen LogP contribution >= 0.6 is 40.7 Å². The number of piperazine rings is 1. The van der Waals surface area contributed by atoms with E-state index in [0.29, 0.717) is 6.04 Å². The topological polar surface area (TPSA) is 33.7 Å². The van der Waals surface area contributed by atoms with Crippen molar-refractivity contribution in [2.75, 3.05) is 40.4 Å². The van der Waals surface area contributed by atoms with E-state index in [9.17, 15) is 0 Å². The number of benzene rings is 1. The van der Waals surface area contributed by atoms with Gasteiger partial charge in [0, 0.05) is 32.2 Å². The molecule has 1 aliphatic rings. The molecule has 1 aromatic carbocycles. The van der Waals surface area contributed by atoms with Gasteiger partial charge in [0.05, 0.1) is 14.2 Å². The van der Waals surface area contributed by atoms with E-state index in [0.717, 1.165) is 55.0 Å². The van der Waals surface area contributed by atoms with Crippen LogP contribution in [0.5, 0.6) is 11.5 Å². The quantitative estimate of drug-likeness (QED) is 0.739. The van der Waals surface area contributed by atoms with Crippen LogP contribution in [0.15, 0.2) is 16.6 Å². The first kappa shape index (κ1) is 22.8. The number of nitrogens with zero attached hydrogens (tertiary/aromatic N) is 1. The fourth-order valence-corrected chi connectivity index (χ4v) is 3.46. The summed E-state index contributed by atoms with van der Waals surface area (Å²) >= 11 is 3.55. The number of hydrogen-bond donors (Lipinski definition) is 1. The molecule has 2 rings (SSSR count). The van der Waals surface area contributed by atoms with Gasteiger partial charge in [-0.15, -0.1) is 24.8 Å². The van der Waals surface area contributed by atoms with Crippen LogP contribution in [0, 0.1) is 0 Å². The summed E-state index contributed by atoms with van der Waals surface area (Å²) in [5, 5.41) is 3.42. The number of rotatable bonds is 6. The first-order chi connectivity index (χ1) is 10.2. The molecule has 0 aromatic heterocycles. The van der Waals surface area contributed by atoms with Crippen LogP contribution in [0.25, 0.3) is 0 Å². The van der Waals surface area contributed by atoms with E-state index in [1.54, 1.807) is 14.2 Å². The van der Waals surface area contributed by atoms with Crippen molar-refractivity contribution in [3.8, 4) is 11.5 Å². The molecule has 0 amide bonds. The minimum absolute atomic E-state index is 0. The molecule has 1 aliphatic heterocycles. The summed E-state index contributed by atoms with van der Waals surface area (Å²) in [6.07, 6.45) is 2.31. The summed E-state index contributed by atoms with van der Waals surface area (Å²) in [6, 6.07) is 4.69. The lowest BCUT2D eigenvalue weighted by atomic mass is 9.99. The first-order valence-electron chi connectivity index (χ1n) is 7.57. The van der Waals surface area contributed by atoms with Gasteiger partial charge in [-0.2, -0.15) is 0 Å². The molecule has 0 unspecified atom stereocenters. The molecule has 1 fully saturated rings. The van der Waals surface area contributed by atoms with E-state index in [2.05, 4.69) is 45.2 Å². The van der Waals surface area contributed by atoms with Crippen LogP contribution in [-0.4, -0.2) is 45.3 Å². The maximum atomic E-state index is 5.49. The average molecular weight is 430 g/mol. The molecule has 23 heavy (non-hydrogen) atoms. The molecule has 0 aliphatic carbocycles. The normalized spacial score (nSPS) is 16.0. The van der Waals surface area contributed by atoms with Crippen molar-refractivity contribution in [1.29, 1.82) is 0 Å². The zero-order chi connectivity index (χ0) is 15.2. The molecular weight excluding hydrogens is 403 g/mol. The Morgan fingerprint density at radius 3 is 2.09 bits per heavy atom. The third-order valence-electron chi connectivity index (χ3n) is 4.01. The Hall–Kier alpha value is -0.200. The molecule has 1 saturated heterocycles. The molecule has 1 heterocycles. The lowest BCUT2D eigenvalue weighted by Crippen LogP contribution is -2.45. The lowest BCUT2D eigenvalue weighted by Gasteiger charge is -2.35. The van der Waals surface area contributed by atoms with Crippen LogP contribution in [0.1, 0.15) is 31.4 Å². The summed E-state index contributed by atoms with van der Waals surface area (Å²) < 4.78 is 11.9. The van der Waals surface area contributed by atoms with Gasteiger partial charge < -0.3 is 14.8 Å².